The van der Waals surface area contributed by atoms with Crippen molar-refractivity contribution in [3.8, 4) is 22.0 Å². The highest BCUT2D eigenvalue weighted by atomic mass is 32.1. The number of hydrogen-bond donors (Lipinski definition) is 2. The van der Waals surface area contributed by atoms with E-state index in [1.165, 1.54) is 34.7 Å². The topological polar surface area (TPSA) is 178 Å². The summed E-state index contributed by atoms with van der Waals surface area (Å²) in [6.07, 6.45) is 7.65. The molecule has 5 rings (SSSR count). The molecule has 4 aromatic rings. The van der Waals surface area contributed by atoms with Crippen LogP contribution in [0.15, 0.2) is 36.1 Å². The smallest absolute Gasteiger partial charge is 0.325 e. The van der Waals surface area contributed by atoms with Crippen LogP contribution in [0.5, 0.6) is 0 Å². The Labute approximate surface area is 265 Å². The number of nitrogens with two attached hydrogens (primary N) is 1. The molecule has 0 bridgehead atoms. The first-order valence-electron chi connectivity index (χ1n) is 14.5. The van der Waals surface area contributed by atoms with E-state index in [0.29, 0.717) is 17.2 Å². The Kier molecular flexibility index (Phi) is 10.4. The third-order valence-electron chi connectivity index (χ3n) is 7.31. The van der Waals surface area contributed by atoms with Crippen LogP contribution in [0, 0.1) is 11.8 Å². The average molecular weight is 659 g/mol. The standard InChI is InChI=1S/C29H32F2N8O6S/c1-3-44-18-6-4-17(5-7-18)39-13-21(26(37-39)25-19(30)8-9-23(31)36-25)34-27(41)22-14-46-28(35-22)16-11-33-38(12-16)15-45-29(42)20(32)10-24(40)43-2/h8-9,11-14,17-18,20H,3-7,10,15,32H2,1-2H3,(H,34,41)/t17-,18-,20-/m0/s1. The lowest BCUT2D eigenvalue weighted by molar-refractivity contribution is -0.153. The molecule has 46 heavy (non-hydrogen) atoms. The number of nitrogens with zero attached hydrogens (tertiary/aromatic N) is 6. The first-order valence-corrected chi connectivity index (χ1v) is 15.3. The van der Waals surface area contributed by atoms with Gasteiger partial charge in [0, 0.05) is 29.9 Å². The van der Waals surface area contributed by atoms with Gasteiger partial charge in [-0.2, -0.15) is 14.6 Å². The Hall–Kier alpha value is -4.61. The fourth-order valence-corrected chi connectivity index (χ4v) is 5.74. The lowest BCUT2D eigenvalue weighted by Gasteiger charge is -2.28. The number of aromatic nitrogens is 6. The van der Waals surface area contributed by atoms with E-state index < -0.39 is 35.7 Å². The summed E-state index contributed by atoms with van der Waals surface area (Å²) in [7, 11) is 1.19. The highest BCUT2D eigenvalue weighted by molar-refractivity contribution is 7.13. The van der Waals surface area contributed by atoms with Crippen LogP contribution in [0.3, 0.4) is 0 Å². The van der Waals surface area contributed by atoms with Gasteiger partial charge in [0.05, 0.1) is 37.6 Å². The lowest BCUT2D eigenvalue weighted by atomic mass is 9.93. The SMILES string of the molecule is CCO[C@H]1CC[C@H](n2cc(NC(=O)c3csc(-c4cnn(COC(=O)[C@@H](N)CC(=O)OC)c4)n3)c(-c3nc(F)ccc3F)n2)CC1. The molecule has 244 valence electrons. The molecule has 14 nitrogen and oxygen atoms in total. The summed E-state index contributed by atoms with van der Waals surface area (Å²) in [6.45, 7) is 2.32. The van der Waals surface area contributed by atoms with Crippen molar-refractivity contribution in [3.05, 3.63) is 53.6 Å². The number of carbonyl (C=O) groups excluding carboxylic acids is 3. The summed E-state index contributed by atoms with van der Waals surface area (Å²) in [4.78, 5) is 44.8. The fraction of sp³-hybridized carbons (Fsp3) is 0.414. The third kappa shape index (κ3) is 7.78. The Bertz CT molecular complexity index is 1700. The van der Waals surface area contributed by atoms with E-state index in [1.54, 1.807) is 17.1 Å². The molecule has 4 aromatic heterocycles. The van der Waals surface area contributed by atoms with E-state index in [4.69, 9.17) is 15.2 Å². The molecule has 1 atom stereocenters. The Morgan fingerprint density at radius 3 is 2.65 bits per heavy atom. The summed E-state index contributed by atoms with van der Waals surface area (Å²) in [5.74, 6) is -3.71. The van der Waals surface area contributed by atoms with E-state index in [9.17, 15) is 23.2 Å². The van der Waals surface area contributed by atoms with Crippen LogP contribution in [0.2, 0.25) is 0 Å². The molecule has 1 saturated carbocycles. The van der Waals surface area contributed by atoms with Gasteiger partial charge < -0.3 is 25.3 Å². The molecule has 1 amide bonds. The Balaban J connectivity index is 1.29. The van der Waals surface area contributed by atoms with Crippen LogP contribution < -0.4 is 11.1 Å². The van der Waals surface area contributed by atoms with Gasteiger partial charge in [0.25, 0.3) is 5.91 Å². The number of methoxy groups -OCH3 is 1. The lowest BCUT2D eigenvalue weighted by Crippen LogP contribution is -2.35. The molecule has 4 heterocycles. The van der Waals surface area contributed by atoms with Gasteiger partial charge in [0.2, 0.25) is 5.95 Å². The second kappa shape index (κ2) is 14.7. The van der Waals surface area contributed by atoms with Gasteiger partial charge in [0.1, 0.15) is 28.1 Å². The quantitative estimate of drug-likeness (QED) is 0.167. The van der Waals surface area contributed by atoms with Crippen molar-refractivity contribution < 1.29 is 37.4 Å². The third-order valence-corrected chi connectivity index (χ3v) is 8.20. The van der Waals surface area contributed by atoms with Crippen molar-refractivity contribution in [2.75, 3.05) is 19.0 Å². The summed E-state index contributed by atoms with van der Waals surface area (Å²) >= 11 is 1.17. The second-order valence-electron chi connectivity index (χ2n) is 10.5. The van der Waals surface area contributed by atoms with Crippen molar-refractivity contribution in [2.45, 2.75) is 63.9 Å². The highest BCUT2D eigenvalue weighted by Crippen LogP contribution is 2.34. The summed E-state index contributed by atoms with van der Waals surface area (Å²) in [5, 5.41) is 13.4. The van der Waals surface area contributed by atoms with Gasteiger partial charge in [0.15, 0.2) is 12.5 Å². The Morgan fingerprint density at radius 1 is 1.13 bits per heavy atom. The van der Waals surface area contributed by atoms with Crippen LogP contribution in [0.4, 0.5) is 14.5 Å². The minimum atomic E-state index is -1.18. The molecule has 3 N–H and O–H groups in total. The second-order valence-corrected chi connectivity index (χ2v) is 11.3. The number of ether oxygens (including phenoxy) is 3. The van der Waals surface area contributed by atoms with E-state index in [-0.39, 0.29) is 48.1 Å². The zero-order valence-electron chi connectivity index (χ0n) is 25.0. The molecule has 0 radical (unpaired) electrons. The molecule has 0 unspecified atom stereocenters. The normalized spacial score (nSPS) is 17.0. The van der Waals surface area contributed by atoms with Gasteiger partial charge in [-0.25, -0.2) is 19.0 Å². The molecule has 0 aromatic carbocycles. The number of thiazole rings is 1. The van der Waals surface area contributed by atoms with E-state index in [2.05, 4.69) is 30.2 Å². The zero-order valence-corrected chi connectivity index (χ0v) is 25.8. The minimum Gasteiger partial charge on any atom is -0.469 e. The summed E-state index contributed by atoms with van der Waals surface area (Å²) in [5.41, 5.74) is 6.09. The molecule has 1 aliphatic carbocycles. The number of nitrogens with one attached hydrogen (secondary N) is 1. The number of anilines is 1. The summed E-state index contributed by atoms with van der Waals surface area (Å²) in [6, 6.07) is 0.661. The Morgan fingerprint density at radius 2 is 1.91 bits per heavy atom. The van der Waals surface area contributed by atoms with Crippen LogP contribution in [-0.2, 0) is 30.5 Å². The van der Waals surface area contributed by atoms with Gasteiger partial charge in [-0.05, 0) is 44.7 Å². The van der Waals surface area contributed by atoms with Gasteiger partial charge in [-0.15, -0.1) is 11.3 Å². The van der Waals surface area contributed by atoms with Crippen molar-refractivity contribution in [1.29, 1.82) is 0 Å². The number of amides is 1. The van der Waals surface area contributed by atoms with E-state index in [0.717, 1.165) is 37.8 Å². The molecular weight excluding hydrogens is 626 g/mol. The minimum absolute atomic E-state index is 0.00476. The van der Waals surface area contributed by atoms with Crippen molar-refractivity contribution in [3.63, 3.8) is 0 Å². The van der Waals surface area contributed by atoms with Gasteiger partial charge >= 0.3 is 11.9 Å². The molecular formula is C29H32F2N8O6S. The molecule has 1 aliphatic rings. The van der Waals surface area contributed by atoms with E-state index in [1.807, 2.05) is 6.92 Å². The number of hydrogen-bond acceptors (Lipinski definition) is 12. The van der Waals surface area contributed by atoms with Crippen LogP contribution in [0.25, 0.3) is 22.0 Å². The van der Waals surface area contributed by atoms with Crippen molar-refractivity contribution in [2.24, 2.45) is 5.73 Å². The number of carbonyl (C=O) groups is 3. The highest BCUT2D eigenvalue weighted by Gasteiger charge is 2.27. The number of halogens is 2. The van der Waals surface area contributed by atoms with Crippen molar-refractivity contribution in [1.82, 2.24) is 29.5 Å². The number of rotatable bonds is 12. The predicted molar refractivity (Wildman–Crippen MR) is 160 cm³/mol. The first-order chi connectivity index (χ1) is 22.1. The predicted octanol–water partition coefficient (Wildman–Crippen LogP) is 3.71. The maximum Gasteiger partial charge on any atom is 0.325 e. The molecule has 0 spiro atoms. The summed E-state index contributed by atoms with van der Waals surface area (Å²) < 4.78 is 47.2. The largest absolute Gasteiger partial charge is 0.469 e. The van der Waals surface area contributed by atoms with Gasteiger partial charge in [-0.3, -0.25) is 19.1 Å². The maximum atomic E-state index is 14.8. The number of esters is 2. The van der Waals surface area contributed by atoms with Crippen LogP contribution >= 0.6 is 11.3 Å². The first kappa shape index (κ1) is 32.8. The molecule has 0 saturated heterocycles. The van der Waals surface area contributed by atoms with Crippen LogP contribution in [-0.4, -0.2) is 73.2 Å². The molecule has 0 aliphatic heterocycles. The van der Waals surface area contributed by atoms with Crippen molar-refractivity contribution >= 4 is 34.9 Å². The average Bonchev–Trinajstić information content (AvgIpc) is 3.82. The zero-order chi connectivity index (χ0) is 32.8. The number of pyridine rings is 1. The maximum absolute atomic E-state index is 14.8. The molecule has 17 heteroatoms. The van der Waals surface area contributed by atoms with E-state index >= 15 is 0 Å². The van der Waals surface area contributed by atoms with Gasteiger partial charge in [-0.1, -0.05) is 0 Å². The molecule has 1 fully saturated rings. The monoisotopic (exact) mass is 658 g/mol. The fourth-order valence-electron chi connectivity index (χ4n) is 4.97. The van der Waals surface area contributed by atoms with Crippen LogP contribution in [0.1, 0.15) is 55.6 Å².